The SMILES string of the molecule is CC(C)C[n+]1c(O)c(C(=O)NC2CC2)c(=O)n2[nH]cc(/C=C/C3=NCC(C)(C)O3)c21. The summed E-state index contributed by atoms with van der Waals surface area (Å²) in [5.41, 5.74) is -0.0220. The van der Waals surface area contributed by atoms with E-state index in [9.17, 15) is 14.7 Å². The number of H-pyrrole nitrogens is 1. The molecule has 1 fully saturated rings. The second kappa shape index (κ2) is 7.30. The van der Waals surface area contributed by atoms with Crippen molar-refractivity contribution in [1.82, 2.24) is 14.9 Å². The number of amides is 1. The van der Waals surface area contributed by atoms with E-state index < -0.39 is 11.5 Å². The summed E-state index contributed by atoms with van der Waals surface area (Å²) in [5.74, 6) is -0.176. The van der Waals surface area contributed by atoms with Crippen LogP contribution in [0, 0.1) is 5.92 Å². The summed E-state index contributed by atoms with van der Waals surface area (Å²) >= 11 is 0. The van der Waals surface area contributed by atoms with Gasteiger partial charge < -0.3 is 15.2 Å². The van der Waals surface area contributed by atoms with E-state index in [2.05, 4.69) is 15.4 Å². The Hall–Kier alpha value is -3.10. The smallest absolute Gasteiger partial charge is 0.378 e. The van der Waals surface area contributed by atoms with Crippen molar-refractivity contribution in [3.05, 3.63) is 33.8 Å². The number of carbonyl (C=O) groups is 1. The molecule has 2 aliphatic rings. The molecule has 0 saturated heterocycles. The molecule has 1 aliphatic heterocycles. The number of aromatic nitrogens is 3. The molecule has 1 saturated carbocycles. The number of aliphatic imine (C=N–C) groups is 1. The molecule has 0 atom stereocenters. The summed E-state index contributed by atoms with van der Waals surface area (Å²) < 4.78 is 8.67. The van der Waals surface area contributed by atoms with Crippen LogP contribution in [0.15, 0.2) is 22.1 Å². The van der Waals surface area contributed by atoms with Crippen LogP contribution in [-0.2, 0) is 11.3 Å². The van der Waals surface area contributed by atoms with Crippen molar-refractivity contribution in [2.24, 2.45) is 10.9 Å². The molecule has 2 aromatic rings. The molecular weight excluding hydrogens is 386 g/mol. The van der Waals surface area contributed by atoms with Crippen molar-refractivity contribution in [1.29, 1.82) is 0 Å². The molecule has 0 bridgehead atoms. The molecule has 1 amide bonds. The largest absolute Gasteiger partial charge is 0.477 e. The van der Waals surface area contributed by atoms with Gasteiger partial charge in [0.15, 0.2) is 0 Å². The molecule has 0 radical (unpaired) electrons. The van der Waals surface area contributed by atoms with Gasteiger partial charge in [-0.25, -0.2) is 14.9 Å². The van der Waals surface area contributed by atoms with Crippen LogP contribution in [0.1, 0.15) is 56.5 Å². The number of hydrogen-bond acceptors (Lipinski definition) is 5. The summed E-state index contributed by atoms with van der Waals surface area (Å²) in [6.07, 6.45) is 6.97. The molecule has 3 heterocycles. The third-order valence-electron chi connectivity index (χ3n) is 5.06. The Kier molecular flexibility index (Phi) is 4.91. The molecule has 1 aliphatic carbocycles. The van der Waals surface area contributed by atoms with E-state index in [1.54, 1.807) is 22.9 Å². The van der Waals surface area contributed by atoms with Gasteiger partial charge in [0.1, 0.15) is 5.60 Å². The zero-order valence-corrected chi connectivity index (χ0v) is 17.7. The highest BCUT2D eigenvalue weighted by Crippen LogP contribution is 2.21. The first kappa shape index (κ1) is 20.2. The van der Waals surface area contributed by atoms with E-state index in [1.807, 2.05) is 27.7 Å². The lowest BCUT2D eigenvalue weighted by molar-refractivity contribution is -0.686. The number of aromatic hydroxyl groups is 1. The van der Waals surface area contributed by atoms with Gasteiger partial charge in [0.2, 0.25) is 11.5 Å². The van der Waals surface area contributed by atoms with Crippen molar-refractivity contribution < 1.29 is 19.2 Å². The van der Waals surface area contributed by atoms with E-state index in [4.69, 9.17) is 4.74 Å². The third kappa shape index (κ3) is 3.83. The highest BCUT2D eigenvalue weighted by molar-refractivity contribution is 5.96. The van der Waals surface area contributed by atoms with Crippen LogP contribution < -0.4 is 15.4 Å². The molecule has 0 unspecified atom stereocenters. The summed E-state index contributed by atoms with van der Waals surface area (Å²) in [4.78, 5) is 30.0. The molecule has 3 N–H and O–H groups in total. The van der Waals surface area contributed by atoms with Gasteiger partial charge >= 0.3 is 17.1 Å². The maximum Gasteiger partial charge on any atom is 0.378 e. The zero-order chi connectivity index (χ0) is 21.6. The molecule has 0 spiro atoms. The molecule has 160 valence electrons. The predicted molar refractivity (Wildman–Crippen MR) is 112 cm³/mol. The number of rotatable bonds is 6. The normalized spacial score (nSPS) is 18.2. The van der Waals surface area contributed by atoms with Crippen molar-refractivity contribution in [3.8, 4) is 5.88 Å². The first-order valence-corrected chi connectivity index (χ1v) is 10.3. The highest BCUT2D eigenvalue weighted by Gasteiger charge is 2.34. The van der Waals surface area contributed by atoms with Crippen LogP contribution in [0.2, 0.25) is 0 Å². The number of nitrogens with one attached hydrogen (secondary N) is 2. The maximum absolute atomic E-state index is 13.0. The van der Waals surface area contributed by atoms with Crippen molar-refractivity contribution >= 4 is 23.5 Å². The van der Waals surface area contributed by atoms with Crippen LogP contribution in [-0.4, -0.2) is 44.7 Å². The minimum atomic E-state index is -0.587. The Morgan fingerprint density at radius 1 is 1.47 bits per heavy atom. The summed E-state index contributed by atoms with van der Waals surface area (Å²) in [6.45, 7) is 8.94. The van der Waals surface area contributed by atoms with E-state index >= 15 is 0 Å². The Balaban J connectivity index is 1.80. The summed E-state index contributed by atoms with van der Waals surface area (Å²) in [6, 6.07) is 0.0779. The average Bonchev–Trinajstić information content (AvgIpc) is 3.24. The summed E-state index contributed by atoms with van der Waals surface area (Å²) in [7, 11) is 0. The number of fused-ring (bicyclic) bond motifs is 1. The van der Waals surface area contributed by atoms with Crippen molar-refractivity contribution in [3.63, 3.8) is 0 Å². The fraction of sp³-hybridized carbons (Fsp3) is 0.524. The van der Waals surface area contributed by atoms with Crippen LogP contribution in [0.5, 0.6) is 5.88 Å². The summed E-state index contributed by atoms with van der Waals surface area (Å²) in [5, 5.41) is 16.6. The Morgan fingerprint density at radius 2 is 2.20 bits per heavy atom. The molecule has 4 rings (SSSR count). The molecule has 9 heteroatoms. The fourth-order valence-electron chi connectivity index (χ4n) is 3.47. The van der Waals surface area contributed by atoms with Crippen LogP contribution in [0.4, 0.5) is 0 Å². The second-order valence-electron chi connectivity index (χ2n) is 8.99. The van der Waals surface area contributed by atoms with Gasteiger partial charge in [-0.2, -0.15) is 4.57 Å². The van der Waals surface area contributed by atoms with E-state index in [1.165, 1.54) is 4.52 Å². The fourth-order valence-corrected chi connectivity index (χ4v) is 3.47. The third-order valence-corrected chi connectivity index (χ3v) is 5.06. The molecule has 0 aromatic carbocycles. The van der Waals surface area contributed by atoms with Crippen molar-refractivity contribution in [2.75, 3.05) is 6.54 Å². The number of ether oxygens (including phenoxy) is 1. The Labute approximate surface area is 174 Å². The van der Waals surface area contributed by atoms with E-state index in [0.29, 0.717) is 30.2 Å². The zero-order valence-electron chi connectivity index (χ0n) is 17.7. The quantitative estimate of drug-likeness (QED) is 0.620. The highest BCUT2D eigenvalue weighted by atomic mass is 16.5. The van der Waals surface area contributed by atoms with Gasteiger partial charge in [-0.3, -0.25) is 4.79 Å². The number of nitrogens with zero attached hydrogens (tertiary/aromatic N) is 3. The molecule has 30 heavy (non-hydrogen) atoms. The molecule has 9 nitrogen and oxygen atoms in total. The minimum absolute atomic E-state index is 0.0779. The van der Waals surface area contributed by atoms with Gasteiger partial charge in [-0.05, 0) is 38.7 Å². The first-order valence-electron chi connectivity index (χ1n) is 10.3. The van der Waals surface area contributed by atoms with Gasteiger partial charge in [-0.15, -0.1) is 0 Å². The number of carbonyl (C=O) groups excluding carboxylic acids is 1. The van der Waals surface area contributed by atoms with Gasteiger partial charge in [0.05, 0.1) is 24.8 Å². The van der Waals surface area contributed by atoms with Crippen LogP contribution in [0.25, 0.3) is 11.7 Å². The lowest BCUT2D eigenvalue weighted by Gasteiger charge is -2.15. The lowest BCUT2D eigenvalue weighted by atomic mass is 10.1. The van der Waals surface area contributed by atoms with Crippen LogP contribution in [0.3, 0.4) is 0 Å². The number of aromatic amines is 1. The minimum Gasteiger partial charge on any atom is -0.477 e. The predicted octanol–water partition coefficient (Wildman–Crippen LogP) is 1.39. The average molecular weight is 414 g/mol. The maximum atomic E-state index is 13.0. The van der Waals surface area contributed by atoms with E-state index in [0.717, 1.165) is 12.8 Å². The molecule has 2 aromatic heterocycles. The van der Waals surface area contributed by atoms with E-state index in [-0.39, 0.29) is 29.0 Å². The van der Waals surface area contributed by atoms with Gasteiger partial charge in [-0.1, -0.05) is 18.4 Å². The standard InChI is InChI=1S/C21H27N5O4/c1-12(2)10-25-18-13(5-8-15-22-11-21(3,4)30-15)9-23-26(18)20(29)16(19(25)28)17(27)24-14-6-7-14/h5,8-9,12,14H,6-7,10-11H2,1-4H3,(H2,24,27,28,29)/p+1/b8-5+. The number of hydrogen-bond donors (Lipinski definition) is 3. The first-order chi connectivity index (χ1) is 14.2. The Morgan fingerprint density at radius 3 is 2.80 bits per heavy atom. The lowest BCUT2D eigenvalue weighted by Crippen LogP contribution is -2.46. The van der Waals surface area contributed by atoms with Crippen LogP contribution >= 0.6 is 0 Å². The Bertz CT molecular complexity index is 1120. The van der Waals surface area contributed by atoms with Gasteiger partial charge in [0, 0.05) is 12.1 Å². The topological polar surface area (TPSA) is 112 Å². The second-order valence-corrected chi connectivity index (χ2v) is 8.99. The van der Waals surface area contributed by atoms with Crippen molar-refractivity contribution in [2.45, 2.75) is 58.7 Å². The van der Waals surface area contributed by atoms with Gasteiger partial charge in [0.25, 0.3) is 5.91 Å². The molecular formula is C21H28N5O4+. The monoisotopic (exact) mass is 414 g/mol.